The van der Waals surface area contributed by atoms with E-state index in [0.29, 0.717) is 12.2 Å². The molecule has 2 rings (SSSR count). The lowest BCUT2D eigenvalue weighted by atomic mass is 9.96. The maximum Gasteiger partial charge on any atom is 0.290 e. The normalized spacial score (nSPS) is 19.7. The summed E-state index contributed by atoms with van der Waals surface area (Å²) in [7, 11) is 0. The van der Waals surface area contributed by atoms with Crippen LogP contribution in [0.2, 0.25) is 0 Å². The van der Waals surface area contributed by atoms with E-state index in [1.165, 1.54) is 17.9 Å². The lowest BCUT2D eigenvalue weighted by Crippen LogP contribution is -2.35. The minimum Gasteiger partial charge on any atom is -0.483 e. The molecule has 0 saturated carbocycles. The standard InChI is InChI=1S/C13H17F2N3O2.CH2O2/c1-3-10-11(12(17)19)18(6-20-10)9-5-13(14,15)7(2)4-8(9)16;2-1-3/h4H,3,5-6,16H2,1-2H3,(H2,17,19);1H,(H,2,3). The highest BCUT2D eigenvalue weighted by molar-refractivity contribution is 5.92. The Hall–Kier alpha value is -2.58. The molecule has 0 radical (unpaired) electrons. The lowest BCUT2D eigenvalue weighted by Gasteiger charge is -2.30. The summed E-state index contributed by atoms with van der Waals surface area (Å²) in [5.74, 6) is -3.31. The number of nitrogens with two attached hydrogens (primary N) is 2. The first-order chi connectivity index (χ1) is 10.7. The molecular formula is C14H19F2N3O4. The number of carboxylic acid groups (broad SMARTS) is 1. The Morgan fingerprint density at radius 3 is 2.61 bits per heavy atom. The molecule has 0 spiro atoms. The second-order valence-corrected chi connectivity index (χ2v) is 4.91. The maximum absolute atomic E-state index is 13.8. The van der Waals surface area contributed by atoms with Crippen LogP contribution < -0.4 is 11.5 Å². The molecule has 0 unspecified atom stereocenters. The van der Waals surface area contributed by atoms with E-state index in [-0.39, 0.29) is 35.9 Å². The first kappa shape index (κ1) is 18.5. The molecule has 128 valence electrons. The Kier molecular flexibility index (Phi) is 5.72. The van der Waals surface area contributed by atoms with Crippen molar-refractivity contribution in [3.8, 4) is 0 Å². The van der Waals surface area contributed by atoms with Crippen molar-refractivity contribution in [1.29, 1.82) is 0 Å². The molecule has 0 atom stereocenters. The molecular weight excluding hydrogens is 312 g/mol. The van der Waals surface area contributed by atoms with Crippen molar-refractivity contribution in [2.24, 2.45) is 11.5 Å². The molecule has 0 saturated heterocycles. The van der Waals surface area contributed by atoms with Gasteiger partial charge in [-0.05, 0) is 18.6 Å². The molecule has 0 bridgehead atoms. The maximum atomic E-state index is 13.8. The highest BCUT2D eigenvalue weighted by Gasteiger charge is 2.41. The number of primary amides is 1. The highest BCUT2D eigenvalue weighted by Crippen LogP contribution is 2.40. The number of nitrogens with zero attached hydrogens (tertiary/aromatic N) is 1. The van der Waals surface area contributed by atoms with E-state index in [2.05, 4.69) is 0 Å². The van der Waals surface area contributed by atoms with Crippen LogP contribution in [0, 0.1) is 0 Å². The third-order valence-electron chi connectivity index (χ3n) is 3.45. The summed E-state index contributed by atoms with van der Waals surface area (Å²) in [6, 6.07) is 0. The van der Waals surface area contributed by atoms with Gasteiger partial charge in [0.05, 0.1) is 17.8 Å². The van der Waals surface area contributed by atoms with E-state index < -0.39 is 18.3 Å². The fourth-order valence-electron chi connectivity index (χ4n) is 2.30. The summed E-state index contributed by atoms with van der Waals surface area (Å²) in [6.07, 6.45) is 1.10. The van der Waals surface area contributed by atoms with E-state index in [1.807, 2.05) is 0 Å². The van der Waals surface area contributed by atoms with Crippen LogP contribution in [0.3, 0.4) is 0 Å². The van der Waals surface area contributed by atoms with Gasteiger partial charge in [-0.15, -0.1) is 0 Å². The van der Waals surface area contributed by atoms with Gasteiger partial charge in [0.2, 0.25) is 0 Å². The van der Waals surface area contributed by atoms with Gasteiger partial charge in [0, 0.05) is 6.42 Å². The number of hydrogen-bond donors (Lipinski definition) is 3. The Bertz CT molecular complexity index is 597. The molecule has 2 aliphatic rings. The summed E-state index contributed by atoms with van der Waals surface area (Å²) < 4.78 is 33.0. The Balaban J connectivity index is 0.000000816. The van der Waals surface area contributed by atoms with Gasteiger partial charge in [-0.2, -0.15) is 0 Å². The number of hydrogen-bond acceptors (Lipinski definition) is 5. The Morgan fingerprint density at radius 1 is 1.57 bits per heavy atom. The van der Waals surface area contributed by atoms with Crippen LogP contribution in [0.15, 0.2) is 34.5 Å². The van der Waals surface area contributed by atoms with E-state index in [0.717, 1.165) is 0 Å². The van der Waals surface area contributed by atoms with Gasteiger partial charge in [-0.25, -0.2) is 8.78 Å². The lowest BCUT2D eigenvalue weighted by molar-refractivity contribution is -0.123. The van der Waals surface area contributed by atoms with Crippen LogP contribution in [-0.2, 0) is 14.3 Å². The fraction of sp³-hybridized carbons (Fsp3) is 0.429. The molecule has 9 heteroatoms. The summed E-state index contributed by atoms with van der Waals surface area (Å²) >= 11 is 0. The molecule has 1 amide bonds. The zero-order chi connectivity index (χ0) is 17.8. The van der Waals surface area contributed by atoms with Crippen molar-refractivity contribution < 1.29 is 28.2 Å². The smallest absolute Gasteiger partial charge is 0.290 e. The number of carbonyl (C=O) groups excluding carboxylic acids is 1. The third-order valence-corrected chi connectivity index (χ3v) is 3.45. The number of carbonyl (C=O) groups is 2. The molecule has 1 aliphatic heterocycles. The van der Waals surface area contributed by atoms with Gasteiger partial charge in [0.15, 0.2) is 6.73 Å². The topological polar surface area (TPSA) is 119 Å². The quantitative estimate of drug-likeness (QED) is 0.670. The third kappa shape index (κ3) is 3.79. The fourth-order valence-corrected chi connectivity index (χ4v) is 2.30. The Labute approximate surface area is 131 Å². The average molecular weight is 331 g/mol. The molecule has 0 aromatic rings. The first-order valence-electron chi connectivity index (χ1n) is 6.75. The molecule has 0 aromatic heterocycles. The van der Waals surface area contributed by atoms with Gasteiger partial charge in [-0.3, -0.25) is 9.59 Å². The summed E-state index contributed by atoms with van der Waals surface area (Å²) in [4.78, 5) is 21.2. The number of rotatable bonds is 3. The number of allylic oxidation sites excluding steroid dienone is 4. The SMILES string of the molecule is CCC1=C(C(N)=O)N(C2=C(N)C=C(C)C(F)(F)C2)CO1.O=CO. The van der Waals surface area contributed by atoms with Crippen LogP contribution in [0.4, 0.5) is 8.78 Å². The molecule has 0 aromatic carbocycles. The van der Waals surface area contributed by atoms with Crippen LogP contribution in [0.25, 0.3) is 0 Å². The summed E-state index contributed by atoms with van der Waals surface area (Å²) in [5, 5.41) is 6.89. The molecule has 1 heterocycles. The number of ether oxygens (including phenoxy) is 1. The van der Waals surface area contributed by atoms with Crippen LogP contribution in [-0.4, -0.2) is 35.0 Å². The minimum absolute atomic E-state index is 0.0273. The van der Waals surface area contributed by atoms with Crippen LogP contribution in [0.5, 0.6) is 0 Å². The largest absolute Gasteiger partial charge is 0.483 e. The molecule has 0 fully saturated rings. The minimum atomic E-state index is -2.99. The zero-order valence-electron chi connectivity index (χ0n) is 12.8. The summed E-state index contributed by atoms with van der Waals surface area (Å²) in [5.41, 5.74) is 11.5. The van der Waals surface area contributed by atoms with E-state index in [1.54, 1.807) is 6.92 Å². The van der Waals surface area contributed by atoms with E-state index >= 15 is 0 Å². The average Bonchev–Trinajstić information content (AvgIpc) is 2.88. The van der Waals surface area contributed by atoms with Gasteiger partial charge in [-0.1, -0.05) is 6.92 Å². The second-order valence-electron chi connectivity index (χ2n) is 4.91. The van der Waals surface area contributed by atoms with Gasteiger partial charge >= 0.3 is 0 Å². The van der Waals surface area contributed by atoms with Gasteiger partial charge in [0.1, 0.15) is 11.5 Å². The molecule has 5 N–H and O–H groups in total. The van der Waals surface area contributed by atoms with Gasteiger partial charge < -0.3 is 26.2 Å². The Morgan fingerprint density at radius 2 is 2.13 bits per heavy atom. The van der Waals surface area contributed by atoms with Gasteiger partial charge in [0.25, 0.3) is 18.3 Å². The van der Waals surface area contributed by atoms with Crippen molar-refractivity contribution in [1.82, 2.24) is 4.90 Å². The second kappa shape index (κ2) is 7.12. The predicted octanol–water partition coefficient (Wildman–Crippen LogP) is 1.24. The van der Waals surface area contributed by atoms with Crippen LogP contribution in [0.1, 0.15) is 26.7 Å². The van der Waals surface area contributed by atoms with E-state index in [4.69, 9.17) is 26.1 Å². The number of halogens is 2. The zero-order valence-corrected chi connectivity index (χ0v) is 12.8. The molecule has 23 heavy (non-hydrogen) atoms. The first-order valence-corrected chi connectivity index (χ1v) is 6.75. The number of alkyl halides is 2. The molecule has 1 aliphatic carbocycles. The molecule has 7 nitrogen and oxygen atoms in total. The van der Waals surface area contributed by atoms with Crippen molar-refractivity contribution >= 4 is 12.4 Å². The van der Waals surface area contributed by atoms with Crippen molar-refractivity contribution in [2.75, 3.05) is 6.73 Å². The van der Waals surface area contributed by atoms with Crippen LogP contribution >= 0.6 is 0 Å². The van der Waals surface area contributed by atoms with Crippen molar-refractivity contribution in [3.63, 3.8) is 0 Å². The number of amides is 1. The van der Waals surface area contributed by atoms with Crippen molar-refractivity contribution in [2.45, 2.75) is 32.6 Å². The predicted molar refractivity (Wildman–Crippen MR) is 77.5 cm³/mol. The highest BCUT2D eigenvalue weighted by atomic mass is 19.3. The van der Waals surface area contributed by atoms with E-state index in [9.17, 15) is 13.6 Å². The monoisotopic (exact) mass is 331 g/mol. The summed E-state index contributed by atoms with van der Waals surface area (Å²) in [6.45, 7) is 2.84. The van der Waals surface area contributed by atoms with Crippen molar-refractivity contribution in [3.05, 3.63) is 34.5 Å².